The van der Waals surface area contributed by atoms with Crippen LogP contribution in [-0.4, -0.2) is 57.0 Å². The monoisotopic (exact) mass is 1020 g/mol. The zero-order chi connectivity index (χ0) is 49.8. The van der Waals surface area contributed by atoms with Crippen molar-refractivity contribution in [2.45, 2.75) is 19.6 Å². The first-order chi connectivity index (χ1) is 33.1. The zero-order valence-electron chi connectivity index (χ0n) is 35.3. The molecular weight excluding hydrogens is 987 g/mol. The van der Waals surface area contributed by atoms with Gasteiger partial charge in [0.05, 0.1) is 38.2 Å². The molecule has 9 aromatic rings. The molecule has 352 valence electrons. The molecule has 0 aliphatic rings. The van der Waals surface area contributed by atoms with Crippen molar-refractivity contribution >= 4 is 129 Å². The number of nitrogens with zero attached hydrogens (tertiary/aromatic N) is 6. The highest BCUT2D eigenvalue weighted by Gasteiger charge is 2.22. The van der Waals surface area contributed by atoms with Crippen LogP contribution in [0, 0.1) is 0 Å². The summed E-state index contributed by atoms with van der Waals surface area (Å²) in [6, 6.07) is 36.2. The second kappa shape index (κ2) is 17.9. The first-order valence-corrected chi connectivity index (χ1v) is 25.8. The molecule has 9 rings (SSSR count). The Balaban J connectivity index is 1.10. The summed E-state index contributed by atoms with van der Waals surface area (Å²) in [5, 5.41) is 41.3. The third-order valence-corrected chi connectivity index (χ3v) is 14.3. The average Bonchev–Trinajstić information content (AvgIpc) is 3.31. The number of phenolic OH excluding ortho intramolecular Hbond substituents is 1. The summed E-state index contributed by atoms with van der Waals surface area (Å²) in [5.41, 5.74) is 1.72. The topological polar surface area (TPSA) is 324 Å². The molecule has 20 nitrogen and oxygen atoms in total. The summed E-state index contributed by atoms with van der Waals surface area (Å²) in [4.78, 5) is -2.44. The van der Waals surface area contributed by atoms with Gasteiger partial charge in [0.2, 0.25) is 0 Å². The maximum Gasteiger partial charge on any atom is 0.295 e. The first kappa shape index (κ1) is 47.1. The quantitative estimate of drug-likeness (QED) is 0.0490. The fraction of sp³-hybridized carbons (Fsp3) is 0. The van der Waals surface area contributed by atoms with E-state index in [-0.39, 0.29) is 72.2 Å². The zero-order valence-corrected chi connectivity index (χ0v) is 38.5. The molecular formula is C46H31N7O13S4. The van der Waals surface area contributed by atoms with Gasteiger partial charge in [-0.05, 0) is 109 Å². The molecule has 70 heavy (non-hydrogen) atoms. The van der Waals surface area contributed by atoms with E-state index in [1.165, 1.54) is 42.5 Å². The number of aromatic hydroxyl groups is 1. The van der Waals surface area contributed by atoms with Gasteiger partial charge in [-0.2, -0.15) is 38.8 Å². The van der Waals surface area contributed by atoms with E-state index in [2.05, 4.69) is 36.0 Å². The molecule has 0 aliphatic heterocycles. The number of nitrogens with one attached hydrogen (secondary N) is 1. The maximum atomic E-state index is 12.4. The van der Waals surface area contributed by atoms with Crippen molar-refractivity contribution in [1.29, 1.82) is 0 Å². The van der Waals surface area contributed by atoms with E-state index in [4.69, 9.17) is 0 Å². The van der Waals surface area contributed by atoms with E-state index in [1.54, 1.807) is 24.3 Å². The summed E-state index contributed by atoms with van der Waals surface area (Å²) in [6.07, 6.45) is 0. The van der Waals surface area contributed by atoms with Crippen molar-refractivity contribution < 1.29 is 57.0 Å². The largest absolute Gasteiger partial charge is 0.505 e. The Morgan fingerprint density at radius 3 is 1.39 bits per heavy atom. The molecule has 0 spiro atoms. The molecule has 0 unspecified atom stereocenters. The van der Waals surface area contributed by atoms with E-state index in [0.717, 1.165) is 59.9 Å². The molecule has 0 amide bonds. The van der Waals surface area contributed by atoms with E-state index in [0.29, 0.717) is 10.8 Å². The van der Waals surface area contributed by atoms with Crippen molar-refractivity contribution in [3.63, 3.8) is 0 Å². The maximum absolute atomic E-state index is 12.4. The molecule has 0 saturated heterocycles. The van der Waals surface area contributed by atoms with Crippen molar-refractivity contribution in [1.82, 2.24) is 0 Å². The third kappa shape index (κ3) is 9.69. The summed E-state index contributed by atoms with van der Waals surface area (Å²) < 4.78 is 138. The van der Waals surface area contributed by atoms with Crippen LogP contribution in [0.3, 0.4) is 0 Å². The van der Waals surface area contributed by atoms with Crippen molar-refractivity contribution in [3.05, 3.63) is 152 Å². The van der Waals surface area contributed by atoms with E-state index in [1.807, 2.05) is 36.4 Å². The Labute approximate surface area is 397 Å². The summed E-state index contributed by atoms with van der Waals surface area (Å²) in [5.74, 6) is -0.174. The van der Waals surface area contributed by atoms with Gasteiger partial charge < -0.3 is 10.4 Å². The SMILES string of the molecule is O=S(=O)(O)c1ccc2c(N=Nc3ccc(N=Nc4cc(S(=O)(=O)O)c5cccc(S(=O)(=O)O)c5c4)c4ccc(S(=O)(=O)O)cc34)ccc(N=Nc3ccc4cc(Nc5ccccc5)ccc4c3O)c2c1. The van der Waals surface area contributed by atoms with Gasteiger partial charge in [0.25, 0.3) is 40.5 Å². The summed E-state index contributed by atoms with van der Waals surface area (Å²) in [6.45, 7) is 0. The number of para-hydroxylation sites is 1. The summed E-state index contributed by atoms with van der Waals surface area (Å²) in [7, 11) is -19.4. The van der Waals surface area contributed by atoms with Crippen molar-refractivity contribution in [3.8, 4) is 5.75 Å². The smallest absolute Gasteiger partial charge is 0.295 e. The third-order valence-electron chi connectivity index (χ3n) is 10.8. The van der Waals surface area contributed by atoms with Gasteiger partial charge in [-0.15, -0.1) is 25.6 Å². The predicted molar refractivity (Wildman–Crippen MR) is 259 cm³/mol. The normalized spacial score (nSPS) is 12.9. The van der Waals surface area contributed by atoms with Gasteiger partial charge in [0.15, 0.2) is 5.75 Å². The highest BCUT2D eigenvalue weighted by molar-refractivity contribution is 7.86. The van der Waals surface area contributed by atoms with Crippen LogP contribution in [0.15, 0.2) is 202 Å². The minimum Gasteiger partial charge on any atom is -0.505 e. The number of benzene rings is 9. The lowest BCUT2D eigenvalue weighted by atomic mass is 10.1. The molecule has 24 heteroatoms. The molecule has 0 atom stereocenters. The first-order valence-electron chi connectivity index (χ1n) is 20.1. The number of phenols is 1. The molecule has 0 bridgehead atoms. The lowest BCUT2D eigenvalue weighted by Gasteiger charge is -2.10. The fourth-order valence-electron chi connectivity index (χ4n) is 7.54. The number of anilines is 2. The van der Waals surface area contributed by atoms with Crippen molar-refractivity contribution in [2.75, 3.05) is 5.32 Å². The summed E-state index contributed by atoms with van der Waals surface area (Å²) >= 11 is 0. The molecule has 0 fully saturated rings. The van der Waals surface area contributed by atoms with Gasteiger partial charge in [-0.3, -0.25) is 18.2 Å². The lowest BCUT2D eigenvalue weighted by molar-refractivity contribution is 0.481. The number of rotatable bonds is 12. The Morgan fingerprint density at radius 2 is 0.843 bits per heavy atom. The van der Waals surface area contributed by atoms with Crippen LogP contribution >= 0.6 is 0 Å². The Bertz CT molecular complexity index is 4230. The van der Waals surface area contributed by atoms with Gasteiger partial charge in [-0.25, -0.2) is 0 Å². The number of fused-ring (bicyclic) bond motifs is 4. The van der Waals surface area contributed by atoms with Gasteiger partial charge in [0.1, 0.15) is 15.5 Å². The van der Waals surface area contributed by atoms with Gasteiger partial charge >= 0.3 is 0 Å². The molecule has 0 radical (unpaired) electrons. The van der Waals surface area contributed by atoms with Crippen LogP contribution in [-0.2, 0) is 40.5 Å². The van der Waals surface area contributed by atoms with Gasteiger partial charge in [0, 0.05) is 49.1 Å². The molecule has 9 aromatic carbocycles. The van der Waals surface area contributed by atoms with Gasteiger partial charge in [-0.1, -0.05) is 48.5 Å². The predicted octanol–water partition coefficient (Wildman–Crippen LogP) is 12.0. The molecule has 6 N–H and O–H groups in total. The van der Waals surface area contributed by atoms with E-state index >= 15 is 0 Å². The minimum absolute atomic E-state index is 0.0119. The second-order valence-corrected chi connectivity index (χ2v) is 20.9. The highest BCUT2D eigenvalue weighted by atomic mass is 32.2. The van der Waals surface area contributed by atoms with Crippen LogP contribution in [0.2, 0.25) is 0 Å². The average molecular weight is 1020 g/mol. The molecule has 0 aromatic heterocycles. The Morgan fingerprint density at radius 1 is 0.343 bits per heavy atom. The standard InChI is InChI=1S/C46H31N7O13S4/c54-46-32-13-10-28(47-27-5-2-1-3-6-27)21-26(32)9-16-43(46)53-52-42-20-18-40(34-15-12-31(25-37(34)42)68(58,59)60)50-51-41-19-17-39(33-14-11-30(24-36(33)41)67(55,56)57)49-48-29-22-38-35(45(23-29)70(64,65)66)7-4-8-44(38)69(61,62)63/h1-25,47,54H,(H,55,56,57)(H,58,59,60)(H,61,62,63)(H,64,65,66). The Hall–Kier alpha value is -7.94. The number of hydrogen-bond donors (Lipinski definition) is 6. The van der Waals surface area contributed by atoms with Crippen LogP contribution in [0.5, 0.6) is 5.75 Å². The van der Waals surface area contributed by atoms with Crippen molar-refractivity contribution in [2.24, 2.45) is 30.7 Å². The molecule has 0 aliphatic carbocycles. The van der Waals surface area contributed by atoms with E-state index < -0.39 is 60.1 Å². The van der Waals surface area contributed by atoms with E-state index in [9.17, 15) is 57.0 Å². The van der Waals surface area contributed by atoms with Crippen LogP contribution in [0.1, 0.15) is 0 Å². The molecule has 0 heterocycles. The second-order valence-electron chi connectivity index (χ2n) is 15.3. The minimum atomic E-state index is -4.98. The fourth-order valence-corrected chi connectivity index (χ4v) is 9.98. The number of hydrogen-bond acceptors (Lipinski definition) is 16. The molecule has 0 saturated carbocycles. The number of azo groups is 3. The lowest BCUT2D eigenvalue weighted by Crippen LogP contribution is -2.03. The van der Waals surface area contributed by atoms with Crippen LogP contribution < -0.4 is 5.32 Å². The van der Waals surface area contributed by atoms with Crippen LogP contribution in [0.25, 0.3) is 43.1 Å². The highest BCUT2D eigenvalue weighted by Crippen LogP contribution is 2.42. The Kier molecular flexibility index (Phi) is 12.0. The van der Waals surface area contributed by atoms with Crippen LogP contribution in [0.4, 0.5) is 45.5 Å².